The molecular formula is C14H11N5O2. The molecule has 0 aliphatic heterocycles. The molecule has 0 radical (unpaired) electrons. The molecule has 0 aliphatic carbocycles. The van der Waals surface area contributed by atoms with E-state index in [0.717, 1.165) is 5.56 Å². The average Bonchev–Trinajstić information content (AvgIpc) is 2.99. The molecule has 0 atom stereocenters. The second-order valence-corrected chi connectivity index (χ2v) is 4.37. The lowest BCUT2D eigenvalue weighted by atomic mass is 10.1. The van der Waals surface area contributed by atoms with Crippen LogP contribution in [0.2, 0.25) is 0 Å². The third-order valence-corrected chi connectivity index (χ3v) is 2.89. The van der Waals surface area contributed by atoms with E-state index in [2.05, 4.69) is 15.1 Å². The summed E-state index contributed by atoms with van der Waals surface area (Å²) in [5.41, 5.74) is 1.10. The fourth-order valence-electron chi connectivity index (χ4n) is 1.92. The van der Waals surface area contributed by atoms with Crippen molar-refractivity contribution in [1.29, 1.82) is 0 Å². The Balaban J connectivity index is 1.87. The minimum Gasteiger partial charge on any atom is -0.358 e. The number of rotatable bonds is 4. The minimum atomic E-state index is -0.539. The molecule has 7 nitrogen and oxygen atoms in total. The molecule has 2 aromatic heterocycles. The van der Waals surface area contributed by atoms with Crippen molar-refractivity contribution in [2.75, 3.05) is 0 Å². The first-order valence-electron chi connectivity index (χ1n) is 6.28. The summed E-state index contributed by atoms with van der Waals surface area (Å²) in [7, 11) is 0. The highest BCUT2D eigenvalue weighted by molar-refractivity contribution is 5.26. The summed E-state index contributed by atoms with van der Waals surface area (Å²) in [4.78, 5) is 18.7. The summed E-state index contributed by atoms with van der Waals surface area (Å²) in [6, 6.07) is 12.8. The van der Waals surface area contributed by atoms with Gasteiger partial charge in [0.15, 0.2) is 5.82 Å². The Labute approximate surface area is 120 Å². The van der Waals surface area contributed by atoms with E-state index in [0.29, 0.717) is 18.1 Å². The van der Waals surface area contributed by atoms with Crippen LogP contribution in [0.1, 0.15) is 11.4 Å². The van der Waals surface area contributed by atoms with Gasteiger partial charge in [-0.1, -0.05) is 30.3 Å². The fourth-order valence-corrected chi connectivity index (χ4v) is 1.92. The first-order chi connectivity index (χ1) is 10.2. The van der Waals surface area contributed by atoms with Crippen LogP contribution >= 0.6 is 0 Å². The lowest BCUT2D eigenvalue weighted by molar-refractivity contribution is -0.389. The van der Waals surface area contributed by atoms with Gasteiger partial charge in [-0.15, -0.1) is 4.68 Å². The highest BCUT2D eigenvalue weighted by Crippen LogP contribution is 2.11. The summed E-state index contributed by atoms with van der Waals surface area (Å²) in [5, 5.41) is 14.5. The molecule has 0 saturated carbocycles. The summed E-state index contributed by atoms with van der Waals surface area (Å²) in [6.45, 7) is 0. The van der Waals surface area contributed by atoms with Crippen molar-refractivity contribution in [2.24, 2.45) is 0 Å². The van der Waals surface area contributed by atoms with Gasteiger partial charge in [-0.05, 0) is 10.5 Å². The standard InChI is InChI=1S/C14H11N5O2/c20-19(21)14-7-9-18(17-14)13-6-8-15-12(16-13)10-11-4-2-1-3-5-11/h1-9H,10H2. The van der Waals surface area contributed by atoms with E-state index in [1.807, 2.05) is 30.3 Å². The first kappa shape index (κ1) is 12.9. The van der Waals surface area contributed by atoms with Gasteiger partial charge in [0.25, 0.3) is 0 Å². The van der Waals surface area contributed by atoms with E-state index in [-0.39, 0.29) is 5.82 Å². The third-order valence-electron chi connectivity index (χ3n) is 2.89. The van der Waals surface area contributed by atoms with Crippen LogP contribution in [0.4, 0.5) is 5.82 Å². The van der Waals surface area contributed by atoms with Crippen molar-refractivity contribution in [2.45, 2.75) is 6.42 Å². The topological polar surface area (TPSA) is 86.7 Å². The second kappa shape index (κ2) is 5.49. The Hall–Kier alpha value is -3.09. The summed E-state index contributed by atoms with van der Waals surface area (Å²) in [5.74, 6) is 0.930. The van der Waals surface area contributed by atoms with Crippen LogP contribution < -0.4 is 0 Å². The monoisotopic (exact) mass is 281 g/mol. The summed E-state index contributed by atoms with van der Waals surface area (Å²) in [6.07, 6.45) is 3.72. The highest BCUT2D eigenvalue weighted by atomic mass is 16.6. The van der Waals surface area contributed by atoms with Gasteiger partial charge in [0.05, 0.1) is 17.4 Å². The summed E-state index contributed by atoms with van der Waals surface area (Å²) >= 11 is 0. The van der Waals surface area contributed by atoms with Crippen LogP contribution in [-0.4, -0.2) is 24.7 Å². The lowest BCUT2D eigenvalue weighted by Gasteiger charge is -2.02. The van der Waals surface area contributed by atoms with Crippen LogP contribution in [0, 0.1) is 10.1 Å². The van der Waals surface area contributed by atoms with E-state index in [9.17, 15) is 10.1 Å². The molecule has 3 rings (SSSR count). The van der Waals surface area contributed by atoms with Gasteiger partial charge in [-0.3, -0.25) is 0 Å². The maximum Gasteiger partial charge on any atom is 0.390 e. The SMILES string of the molecule is O=[N+]([O-])c1ccn(-c2ccnc(Cc3ccccc3)n2)n1. The van der Waals surface area contributed by atoms with E-state index in [4.69, 9.17) is 0 Å². The number of nitro groups is 1. The first-order valence-corrected chi connectivity index (χ1v) is 6.28. The van der Waals surface area contributed by atoms with Crippen LogP contribution in [0.3, 0.4) is 0 Å². The van der Waals surface area contributed by atoms with Crippen LogP contribution in [0.5, 0.6) is 0 Å². The van der Waals surface area contributed by atoms with Gasteiger partial charge < -0.3 is 10.1 Å². The number of hydrogen-bond acceptors (Lipinski definition) is 5. The zero-order chi connectivity index (χ0) is 14.7. The molecule has 104 valence electrons. The van der Waals surface area contributed by atoms with Crippen LogP contribution in [0.25, 0.3) is 5.82 Å². The van der Waals surface area contributed by atoms with Crippen molar-refractivity contribution in [3.05, 3.63) is 76.4 Å². The van der Waals surface area contributed by atoms with Gasteiger partial charge in [-0.25, -0.2) is 9.97 Å². The molecule has 0 unspecified atom stereocenters. The lowest BCUT2D eigenvalue weighted by Crippen LogP contribution is -2.04. The molecule has 0 bridgehead atoms. The van der Waals surface area contributed by atoms with E-state index < -0.39 is 4.92 Å². The normalized spacial score (nSPS) is 10.5. The quantitative estimate of drug-likeness (QED) is 0.540. The molecule has 2 heterocycles. The smallest absolute Gasteiger partial charge is 0.358 e. The number of nitrogens with zero attached hydrogens (tertiary/aromatic N) is 5. The maximum absolute atomic E-state index is 10.7. The molecular weight excluding hydrogens is 270 g/mol. The largest absolute Gasteiger partial charge is 0.390 e. The molecule has 1 aromatic carbocycles. The van der Waals surface area contributed by atoms with E-state index in [1.54, 1.807) is 12.3 Å². The van der Waals surface area contributed by atoms with Crippen molar-refractivity contribution < 1.29 is 4.92 Å². The number of benzene rings is 1. The Bertz CT molecular complexity index is 770. The van der Waals surface area contributed by atoms with Crippen LogP contribution in [-0.2, 0) is 6.42 Å². The zero-order valence-electron chi connectivity index (χ0n) is 11.0. The van der Waals surface area contributed by atoms with Gasteiger partial charge in [0, 0.05) is 18.7 Å². The second-order valence-electron chi connectivity index (χ2n) is 4.37. The molecule has 0 amide bonds. The predicted molar refractivity (Wildman–Crippen MR) is 75.1 cm³/mol. The fraction of sp³-hybridized carbons (Fsp3) is 0.0714. The minimum absolute atomic E-state index is 0.210. The molecule has 7 heteroatoms. The Kier molecular flexibility index (Phi) is 3.38. The van der Waals surface area contributed by atoms with E-state index >= 15 is 0 Å². The summed E-state index contributed by atoms with van der Waals surface area (Å²) < 4.78 is 1.37. The molecule has 0 aliphatic rings. The molecule has 0 saturated heterocycles. The van der Waals surface area contributed by atoms with E-state index in [1.165, 1.54) is 16.9 Å². The molecule has 0 spiro atoms. The maximum atomic E-state index is 10.7. The van der Waals surface area contributed by atoms with Gasteiger partial charge >= 0.3 is 5.82 Å². The predicted octanol–water partition coefficient (Wildman–Crippen LogP) is 2.16. The zero-order valence-corrected chi connectivity index (χ0v) is 11.0. The van der Waals surface area contributed by atoms with Gasteiger partial charge in [0.1, 0.15) is 5.82 Å². The van der Waals surface area contributed by atoms with Gasteiger partial charge in [-0.2, -0.15) is 0 Å². The van der Waals surface area contributed by atoms with Crippen molar-refractivity contribution in [3.63, 3.8) is 0 Å². The van der Waals surface area contributed by atoms with Crippen LogP contribution in [0.15, 0.2) is 54.9 Å². The van der Waals surface area contributed by atoms with Crippen molar-refractivity contribution in [1.82, 2.24) is 19.7 Å². The van der Waals surface area contributed by atoms with Crippen molar-refractivity contribution >= 4 is 5.82 Å². The Morgan fingerprint density at radius 3 is 2.67 bits per heavy atom. The number of aromatic nitrogens is 4. The molecule has 0 N–H and O–H groups in total. The molecule has 3 aromatic rings. The van der Waals surface area contributed by atoms with Gasteiger partial charge in [0.2, 0.25) is 0 Å². The Morgan fingerprint density at radius 1 is 1.14 bits per heavy atom. The number of hydrogen-bond donors (Lipinski definition) is 0. The van der Waals surface area contributed by atoms with Crippen molar-refractivity contribution in [3.8, 4) is 5.82 Å². The Morgan fingerprint density at radius 2 is 1.95 bits per heavy atom. The average molecular weight is 281 g/mol. The molecule has 0 fully saturated rings. The third kappa shape index (κ3) is 2.92. The highest BCUT2D eigenvalue weighted by Gasteiger charge is 2.13. The molecule has 21 heavy (non-hydrogen) atoms.